The summed E-state index contributed by atoms with van der Waals surface area (Å²) in [6.45, 7) is 3.63. The fourth-order valence-electron chi connectivity index (χ4n) is 2.23. The SMILES string of the molecule is CCC1(C(=O)O)CCN(C(=O)NCCSC)CC1. The molecule has 1 heterocycles. The number of piperidine rings is 1. The zero-order chi connectivity index (χ0) is 13.6. The van der Waals surface area contributed by atoms with E-state index in [0.717, 1.165) is 5.75 Å². The number of hydrogen-bond acceptors (Lipinski definition) is 3. The number of aliphatic carboxylic acids is 1. The van der Waals surface area contributed by atoms with Crippen LogP contribution in [0.5, 0.6) is 0 Å². The molecule has 0 aliphatic carbocycles. The van der Waals surface area contributed by atoms with Crippen molar-refractivity contribution in [2.24, 2.45) is 5.41 Å². The van der Waals surface area contributed by atoms with Crippen LogP contribution < -0.4 is 5.32 Å². The van der Waals surface area contributed by atoms with Crippen LogP contribution >= 0.6 is 11.8 Å². The molecule has 1 rings (SSSR count). The number of carboxylic acids is 1. The maximum Gasteiger partial charge on any atom is 0.317 e. The van der Waals surface area contributed by atoms with E-state index in [1.54, 1.807) is 16.7 Å². The van der Waals surface area contributed by atoms with Crippen LogP contribution in [0.3, 0.4) is 0 Å². The van der Waals surface area contributed by atoms with Crippen molar-refractivity contribution in [3.05, 3.63) is 0 Å². The third kappa shape index (κ3) is 3.54. The van der Waals surface area contributed by atoms with Gasteiger partial charge in [-0.25, -0.2) is 4.79 Å². The van der Waals surface area contributed by atoms with E-state index in [1.165, 1.54) is 0 Å². The third-order valence-electron chi connectivity index (χ3n) is 3.72. The smallest absolute Gasteiger partial charge is 0.317 e. The van der Waals surface area contributed by atoms with Gasteiger partial charge < -0.3 is 15.3 Å². The summed E-state index contributed by atoms with van der Waals surface area (Å²) >= 11 is 1.69. The second kappa shape index (κ2) is 6.87. The van der Waals surface area contributed by atoms with E-state index < -0.39 is 11.4 Å². The lowest BCUT2D eigenvalue weighted by Crippen LogP contribution is -2.49. The third-order valence-corrected chi connectivity index (χ3v) is 4.33. The molecule has 1 aliphatic heterocycles. The Morgan fingerprint density at radius 1 is 1.39 bits per heavy atom. The van der Waals surface area contributed by atoms with E-state index in [1.807, 2.05) is 13.2 Å². The monoisotopic (exact) mass is 274 g/mol. The second-order valence-electron chi connectivity index (χ2n) is 4.65. The Bertz CT molecular complexity index is 302. The zero-order valence-electron chi connectivity index (χ0n) is 11.1. The van der Waals surface area contributed by atoms with Crippen molar-refractivity contribution in [3.8, 4) is 0 Å². The Hall–Kier alpha value is -0.910. The molecule has 0 aromatic carbocycles. The summed E-state index contributed by atoms with van der Waals surface area (Å²) in [6.07, 6.45) is 3.73. The number of carboxylic acid groups (broad SMARTS) is 1. The molecule has 0 spiro atoms. The minimum Gasteiger partial charge on any atom is -0.481 e. The van der Waals surface area contributed by atoms with Gasteiger partial charge in [0.1, 0.15) is 0 Å². The number of carbonyl (C=O) groups excluding carboxylic acids is 1. The lowest BCUT2D eigenvalue weighted by molar-refractivity contribution is -0.151. The summed E-state index contributed by atoms with van der Waals surface area (Å²) in [5, 5.41) is 12.1. The zero-order valence-corrected chi connectivity index (χ0v) is 11.9. The summed E-state index contributed by atoms with van der Waals surface area (Å²) in [6, 6.07) is -0.0702. The molecule has 2 N–H and O–H groups in total. The molecule has 6 heteroatoms. The van der Waals surface area contributed by atoms with Gasteiger partial charge in [-0.15, -0.1) is 0 Å². The molecule has 0 saturated carbocycles. The van der Waals surface area contributed by atoms with E-state index in [0.29, 0.717) is 38.9 Å². The molecule has 104 valence electrons. The molecular formula is C12H22N2O3S. The Morgan fingerprint density at radius 3 is 2.44 bits per heavy atom. The van der Waals surface area contributed by atoms with Crippen molar-refractivity contribution in [1.82, 2.24) is 10.2 Å². The van der Waals surface area contributed by atoms with Crippen molar-refractivity contribution >= 4 is 23.8 Å². The highest BCUT2D eigenvalue weighted by Crippen LogP contribution is 2.35. The molecule has 1 aliphatic rings. The fraction of sp³-hybridized carbons (Fsp3) is 0.833. The molecule has 1 saturated heterocycles. The average molecular weight is 274 g/mol. The van der Waals surface area contributed by atoms with Crippen molar-refractivity contribution < 1.29 is 14.7 Å². The summed E-state index contributed by atoms with van der Waals surface area (Å²) in [7, 11) is 0. The molecule has 0 bridgehead atoms. The van der Waals surface area contributed by atoms with Gasteiger partial charge in [0.05, 0.1) is 5.41 Å². The van der Waals surface area contributed by atoms with E-state index in [4.69, 9.17) is 0 Å². The molecule has 18 heavy (non-hydrogen) atoms. The largest absolute Gasteiger partial charge is 0.481 e. The average Bonchev–Trinajstić information content (AvgIpc) is 2.38. The van der Waals surface area contributed by atoms with Crippen LogP contribution in [-0.4, -0.2) is 53.6 Å². The van der Waals surface area contributed by atoms with Gasteiger partial charge in [0.25, 0.3) is 0 Å². The van der Waals surface area contributed by atoms with Crippen molar-refractivity contribution in [3.63, 3.8) is 0 Å². The highest BCUT2D eigenvalue weighted by atomic mass is 32.2. The topological polar surface area (TPSA) is 69.6 Å². The molecule has 0 atom stereocenters. The molecule has 1 fully saturated rings. The Kier molecular flexibility index (Phi) is 5.78. The molecule has 5 nitrogen and oxygen atoms in total. The maximum atomic E-state index is 11.8. The fourth-order valence-corrected chi connectivity index (χ4v) is 2.53. The number of amides is 2. The Balaban J connectivity index is 2.43. The predicted molar refractivity (Wildman–Crippen MR) is 72.9 cm³/mol. The first-order chi connectivity index (χ1) is 8.55. The molecule has 0 aromatic rings. The van der Waals surface area contributed by atoms with E-state index in [-0.39, 0.29) is 6.03 Å². The van der Waals surface area contributed by atoms with Crippen LogP contribution in [-0.2, 0) is 4.79 Å². The standard InChI is InChI=1S/C12H22N2O3S/c1-3-12(10(15)16)4-7-14(8-5-12)11(17)13-6-9-18-2/h3-9H2,1-2H3,(H,13,17)(H,15,16). The number of rotatable bonds is 5. The highest BCUT2D eigenvalue weighted by Gasteiger charge is 2.40. The van der Waals surface area contributed by atoms with Crippen LogP contribution in [0.4, 0.5) is 4.79 Å². The number of urea groups is 1. The van der Waals surface area contributed by atoms with E-state index in [2.05, 4.69) is 5.32 Å². The molecule has 0 unspecified atom stereocenters. The Labute approximate surface area is 112 Å². The first kappa shape index (κ1) is 15.1. The number of carbonyl (C=O) groups is 2. The predicted octanol–water partition coefficient (Wildman–Crippen LogP) is 1.64. The lowest BCUT2D eigenvalue weighted by Gasteiger charge is -2.38. The van der Waals surface area contributed by atoms with Gasteiger partial charge in [-0.2, -0.15) is 11.8 Å². The quantitative estimate of drug-likeness (QED) is 0.748. The van der Waals surface area contributed by atoms with Gasteiger partial charge in [-0.1, -0.05) is 6.92 Å². The highest BCUT2D eigenvalue weighted by molar-refractivity contribution is 7.98. The van der Waals surface area contributed by atoms with Crippen molar-refractivity contribution in [1.29, 1.82) is 0 Å². The normalized spacial score (nSPS) is 18.4. The minimum atomic E-state index is -0.729. The number of thioether (sulfide) groups is 1. The van der Waals surface area contributed by atoms with Crippen LogP contribution in [0.1, 0.15) is 26.2 Å². The van der Waals surface area contributed by atoms with Crippen LogP contribution in [0.2, 0.25) is 0 Å². The van der Waals surface area contributed by atoms with Crippen LogP contribution in [0.25, 0.3) is 0 Å². The number of nitrogens with one attached hydrogen (secondary N) is 1. The maximum absolute atomic E-state index is 11.8. The summed E-state index contributed by atoms with van der Waals surface area (Å²) < 4.78 is 0. The molecular weight excluding hydrogens is 252 g/mol. The minimum absolute atomic E-state index is 0.0702. The lowest BCUT2D eigenvalue weighted by atomic mass is 9.76. The first-order valence-electron chi connectivity index (χ1n) is 6.31. The molecule has 2 amide bonds. The number of likely N-dealkylation sites (tertiary alicyclic amines) is 1. The van der Waals surface area contributed by atoms with Crippen LogP contribution in [0, 0.1) is 5.41 Å². The van der Waals surface area contributed by atoms with Gasteiger partial charge >= 0.3 is 12.0 Å². The first-order valence-corrected chi connectivity index (χ1v) is 7.70. The summed E-state index contributed by atoms with van der Waals surface area (Å²) in [5.74, 6) is 0.167. The van der Waals surface area contributed by atoms with E-state index in [9.17, 15) is 14.7 Å². The van der Waals surface area contributed by atoms with Gasteiger partial charge in [0.15, 0.2) is 0 Å². The molecule has 0 radical (unpaired) electrons. The Morgan fingerprint density at radius 2 is 2.00 bits per heavy atom. The second-order valence-corrected chi connectivity index (χ2v) is 5.64. The number of nitrogens with zero attached hydrogens (tertiary/aromatic N) is 1. The summed E-state index contributed by atoms with van der Waals surface area (Å²) in [5.41, 5.74) is -0.629. The van der Waals surface area contributed by atoms with E-state index >= 15 is 0 Å². The van der Waals surface area contributed by atoms with Gasteiger partial charge in [-0.3, -0.25) is 4.79 Å². The van der Waals surface area contributed by atoms with Gasteiger partial charge in [-0.05, 0) is 25.5 Å². The van der Waals surface area contributed by atoms with Crippen molar-refractivity contribution in [2.45, 2.75) is 26.2 Å². The molecule has 0 aromatic heterocycles. The van der Waals surface area contributed by atoms with Crippen molar-refractivity contribution in [2.75, 3.05) is 31.6 Å². The van der Waals surface area contributed by atoms with Gasteiger partial charge in [0.2, 0.25) is 0 Å². The number of hydrogen-bond donors (Lipinski definition) is 2. The van der Waals surface area contributed by atoms with Crippen LogP contribution in [0.15, 0.2) is 0 Å². The van der Waals surface area contributed by atoms with Gasteiger partial charge in [0, 0.05) is 25.4 Å². The summed E-state index contributed by atoms with van der Waals surface area (Å²) in [4.78, 5) is 24.8.